The molecule has 0 atom stereocenters. The van der Waals surface area contributed by atoms with Gasteiger partial charge < -0.3 is 5.73 Å². The smallest absolute Gasteiger partial charge is 0.124 e. The van der Waals surface area contributed by atoms with Gasteiger partial charge >= 0.3 is 0 Å². The zero-order valence-corrected chi connectivity index (χ0v) is 8.10. The summed E-state index contributed by atoms with van der Waals surface area (Å²) in [6.07, 6.45) is 4.25. The highest BCUT2D eigenvalue weighted by atomic mass is 32.2. The molecule has 1 aromatic heterocycles. The van der Waals surface area contributed by atoms with E-state index in [2.05, 4.69) is 11.9 Å². The maximum absolute atomic E-state index is 5.54. The van der Waals surface area contributed by atoms with Crippen molar-refractivity contribution >= 4 is 17.6 Å². The van der Waals surface area contributed by atoms with E-state index in [-0.39, 0.29) is 0 Å². The van der Waals surface area contributed by atoms with Crippen LogP contribution in [0.25, 0.3) is 0 Å². The Morgan fingerprint density at radius 3 is 3.08 bits per heavy atom. The molecule has 12 heavy (non-hydrogen) atoms. The largest absolute Gasteiger partial charge is 0.384 e. The number of nitrogens with zero attached hydrogens (tertiary/aromatic N) is 1. The van der Waals surface area contributed by atoms with Crippen LogP contribution in [-0.4, -0.2) is 10.7 Å². The van der Waals surface area contributed by atoms with Crippen LogP contribution >= 0.6 is 11.8 Å². The third kappa shape index (κ3) is 3.13. The average Bonchev–Trinajstić information content (AvgIpc) is 2.05. The number of unbranched alkanes of at least 4 members (excludes halogenated alkanes) is 1. The first-order valence-corrected chi connectivity index (χ1v) is 5.16. The molecule has 0 unspecified atom stereocenters. The summed E-state index contributed by atoms with van der Waals surface area (Å²) in [6.45, 7) is 2.20. The number of thioether (sulfide) groups is 1. The molecule has 1 rings (SSSR count). The maximum atomic E-state index is 5.54. The molecular formula is C9H14N2S. The molecule has 0 aliphatic rings. The molecule has 2 N–H and O–H groups in total. The number of nitrogens with two attached hydrogens (primary N) is 1. The molecule has 2 nitrogen and oxygen atoms in total. The Morgan fingerprint density at radius 1 is 1.58 bits per heavy atom. The van der Waals surface area contributed by atoms with Gasteiger partial charge in [0.05, 0.1) is 0 Å². The zero-order valence-electron chi connectivity index (χ0n) is 7.29. The minimum atomic E-state index is 0.608. The highest BCUT2D eigenvalue weighted by Crippen LogP contribution is 2.19. The van der Waals surface area contributed by atoms with Crippen LogP contribution in [0.15, 0.2) is 23.2 Å². The van der Waals surface area contributed by atoms with Crippen LogP contribution in [0.1, 0.15) is 19.8 Å². The number of rotatable bonds is 4. The third-order valence-corrected chi connectivity index (χ3v) is 2.60. The summed E-state index contributed by atoms with van der Waals surface area (Å²) in [5, 5.41) is 0. The fourth-order valence-corrected chi connectivity index (χ4v) is 1.88. The Kier molecular flexibility index (Phi) is 3.94. The lowest BCUT2D eigenvalue weighted by molar-refractivity contribution is 0.896. The first-order chi connectivity index (χ1) is 5.83. The zero-order chi connectivity index (χ0) is 8.81. The topological polar surface area (TPSA) is 38.9 Å². The van der Waals surface area contributed by atoms with Crippen molar-refractivity contribution in [3.8, 4) is 0 Å². The van der Waals surface area contributed by atoms with Gasteiger partial charge in [-0.3, -0.25) is 0 Å². The van der Waals surface area contributed by atoms with Gasteiger partial charge in [-0.05, 0) is 24.3 Å². The lowest BCUT2D eigenvalue weighted by atomic mass is 10.4. The van der Waals surface area contributed by atoms with Crippen molar-refractivity contribution < 1.29 is 0 Å². The number of anilines is 1. The Morgan fingerprint density at radius 2 is 2.42 bits per heavy atom. The molecule has 1 heterocycles. The van der Waals surface area contributed by atoms with E-state index in [9.17, 15) is 0 Å². The van der Waals surface area contributed by atoms with E-state index < -0.39 is 0 Å². The Labute approximate surface area is 77.6 Å². The number of pyridine rings is 1. The highest BCUT2D eigenvalue weighted by molar-refractivity contribution is 7.99. The molecule has 0 fully saturated rings. The number of nitrogen functional groups attached to an aromatic ring is 1. The van der Waals surface area contributed by atoms with Crippen molar-refractivity contribution in [1.82, 2.24) is 4.98 Å². The normalized spacial score (nSPS) is 10.1. The Balaban J connectivity index is 2.41. The van der Waals surface area contributed by atoms with Gasteiger partial charge in [-0.25, -0.2) is 4.98 Å². The third-order valence-electron chi connectivity index (χ3n) is 1.52. The van der Waals surface area contributed by atoms with Crippen LogP contribution < -0.4 is 5.73 Å². The van der Waals surface area contributed by atoms with Gasteiger partial charge in [0, 0.05) is 11.1 Å². The lowest BCUT2D eigenvalue weighted by Gasteiger charge is -1.99. The van der Waals surface area contributed by atoms with E-state index in [1.54, 1.807) is 6.20 Å². The summed E-state index contributed by atoms with van der Waals surface area (Å²) in [6, 6.07) is 3.91. The van der Waals surface area contributed by atoms with Gasteiger partial charge in [-0.1, -0.05) is 13.3 Å². The first kappa shape index (κ1) is 9.39. The van der Waals surface area contributed by atoms with E-state index in [4.69, 9.17) is 5.73 Å². The molecule has 0 saturated carbocycles. The summed E-state index contributed by atoms with van der Waals surface area (Å²) in [5.41, 5.74) is 5.54. The molecular weight excluding hydrogens is 168 g/mol. The first-order valence-electron chi connectivity index (χ1n) is 4.17. The second-order valence-corrected chi connectivity index (χ2v) is 3.79. The van der Waals surface area contributed by atoms with Crippen LogP contribution in [0.3, 0.4) is 0 Å². The van der Waals surface area contributed by atoms with Gasteiger partial charge in [-0.15, -0.1) is 11.8 Å². The van der Waals surface area contributed by atoms with E-state index in [1.807, 2.05) is 23.9 Å². The van der Waals surface area contributed by atoms with Gasteiger partial charge in [-0.2, -0.15) is 0 Å². The molecule has 0 bridgehead atoms. The molecule has 0 spiro atoms. The summed E-state index contributed by atoms with van der Waals surface area (Å²) < 4.78 is 0. The van der Waals surface area contributed by atoms with Gasteiger partial charge in [0.1, 0.15) is 5.82 Å². The Bertz CT molecular complexity index is 238. The van der Waals surface area contributed by atoms with Crippen molar-refractivity contribution in [2.24, 2.45) is 0 Å². The Hall–Kier alpha value is -0.700. The van der Waals surface area contributed by atoms with Crippen LogP contribution in [0.2, 0.25) is 0 Å². The van der Waals surface area contributed by atoms with Crippen molar-refractivity contribution in [2.45, 2.75) is 24.7 Å². The van der Waals surface area contributed by atoms with Crippen LogP contribution in [0, 0.1) is 0 Å². The highest BCUT2D eigenvalue weighted by Gasteiger charge is 1.93. The molecule has 0 aliphatic carbocycles. The van der Waals surface area contributed by atoms with Gasteiger partial charge in [0.15, 0.2) is 0 Å². The van der Waals surface area contributed by atoms with Gasteiger partial charge in [0.25, 0.3) is 0 Å². The standard InChI is InChI=1S/C9H14N2S/c1-2-3-6-12-8-4-5-11-9(10)7-8/h4-5,7H,2-3,6H2,1H3,(H2,10,11). The molecule has 3 heteroatoms. The molecule has 1 aromatic rings. The van der Waals surface area contributed by atoms with E-state index in [1.165, 1.54) is 23.5 Å². The molecule has 0 aromatic carbocycles. The van der Waals surface area contributed by atoms with E-state index in [0.29, 0.717) is 5.82 Å². The number of aromatic nitrogens is 1. The predicted molar refractivity (Wildman–Crippen MR) is 54.3 cm³/mol. The van der Waals surface area contributed by atoms with E-state index in [0.717, 1.165) is 0 Å². The SMILES string of the molecule is CCCCSc1ccnc(N)c1. The lowest BCUT2D eigenvalue weighted by Crippen LogP contribution is -1.88. The summed E-state index contributed by atoms with van der Waals surface area (Å²) >= 11 is 1.84. The quantitative estimate of drug-likeness (QED) is 0.574. The molecule has 0 saturated heterocycles. The average molecular weight is 182 g/mol. The maximum Gasteiger partial charge on any atom is 0.124 e. The molecule has 0 amide bonds. The van der Waals surface area contributed by atoms with Crippen molar-refractivity contribution in [3.63, 3.8) is 0 Å². The fraction of sp³-hybridized carbons (Fsp3) is 0.444. The summed E-state index contributed by atoms with van der Waals surface area (Å²) in [5.74, 6) is 1.77. The summed E-state index contributed by atoms with van der Waals surface area (Å²) in [4.78, 5) is 5.15. The second kappa shape index (κ2) is 5.04. The van der Waals surface area contributed by atoms with Gasteiger partial charge in [0.2, 0.25) is 0 Å². The number of hydrogen-bond acceptors (Lipinski definition) is 3. The van der Waals surface area contributed by atoms with Crippen LogP contribution in [-0.2, 0) is 0 Å². The van der Waals surface area contributed by atoms with Crippen molar-refractivity contribution in [3.05, 3.63) is 18.3 Å². The fourth-order valence-electron chi connectivity index (χ4n) is 0.852. The van der Waals surface area contributed by atoms with E-state index >= 15 is 0 Å². The molecule has 0 radical (unpaired) electrons. The summed E-state index contributed by atoms with van der Waals surface area (Å²) in [7, 11) is 0. The molecule has 0 aliphatic heterocycles. The minimum Gasteiger partial charge on any atom is -0.384 e. The monoisotopic (exact) mass is 182 g/mol. The second-order valence-electron chi connectivity index (χ2n) is 2.62. The van der Waals surface area contributed by atoms with Crippen molar-refractivity contribution in [2.75, 3.05) is 11.5 Å². The van der Waals surface area contributed by atoms with Crippen LogP contribution in [0.5, 0.6) is 0 Å². The van der Waals surface area contributed by atoms with Crippen LogP contribution in [0.4, 0.5) is 5.82 Å². The number of hydrogen-bond donors (Lipinski definition) is 1. The minimum absolute atomic E-state index is 0.608. The molecule has 66 valence electrons. The van der Waals surface area contributed by atoms with Crippen molar-refractivity contribution in [1.29, 1.82) is 0 Å². The predicted octanol–water partition coefficient (Wildman–Crippen LogP) is 2.56.